The molecule has 2 aliphatic heterocycles. The van der Waals surface area contributed by atoms with Crippen LogP contribution < -0.4 is 16.0 Å². The van der Waals surface area contributed by atoms with E-state index >= 15 is 0 Å². The van der Waals surface area contributed by atoms with Gasteiger partial charge in [-0.3, -0.25) is 14.4 Å². The Labute approximate surface area is 246 Å². The number of amides is 3. The Morgan fingerprint density at radius 3 is 2.51 bits per heavy atom. The molecule has 1 spiro atoms. The number of β-amino-alcohol motifs (C(OH)–C–C–N with tert-alkyl or cyclic N) is 1. The molecule has 1 aliphatic carbocycles. The lowest BCUT2D eigenvalue weighted by atomic mass is 9.81. The number of carbonyl (C=O) groups is 3. The molecule has 5 rings (SSSR count). The summed E-state index contributed by atoms with van der Waals surface area (Å²) in [5.41, 5.74) is 4.09. The van der Waals surface area contributed by atoms with Crippen LogP contribution in [0.1, 0.15) is 70.6 Å². The number of benzene rings is 1. The van der Waals surface area contributed by atoms with Gasteiger partial charge in [0.25, 0.3) is 0 Å². The minimum Gasteiger partial charge on any atom is -0.391 e. The van der Waals surface area contributed by atoms with Crippen LogP contribution in [0.3, 0.4) is 0 Å². The van der Waals surface area contributed by atoms with Gasteiger partial charge in [0.15, 0.2) is 0 Å². The van der Waals surface area contributed by atoms with E-state index in [2.05, 4.69) is 20.9 Å². The monoisotopic (exact) mass is 581 g/mol. The first kappa shape index (κ1) is 29.7. The van der Waals surface area contributed by atoms with Crippen LogP contribution in [0.2, 0.25) is 0 Å². The largest absolute Gasteiger partial charge is 0.391 e. The summed E-state index contributed by atoms with van der Waals surface area (Å²) in [5, 5.41) is 20.1. The van der Waals surface area contributed by atoms with Crippen molar-refractivity contribution in [3.05, 3.63) is 41.0 Å². The molecule has 4 atom stereocenters. The molecule has 10 heteroatoms. The van der Waals surface area contributed by atoms with E-state index in [1.165, 1.54) is 4.90 Å². The fourth-order valence-electron chi connectivity index (χ4n) is 6.80. The molecule has 222 valence electrons. The quantitative estimate of drug-likeness (QED) is 0.398. The van der Waals surface area contributed by atoms with Crippen molar-refractivity contribution in [1.82, 2.24) is 25.8 Å². The predicted octanol–water partition coefficient (Wildman–Crippen LogP) is 3.15. The van der Waals surface area contributed by atoms with Crippen LogP contribution in [0.25, 0.3) is 10.4 Å². The van der Waals surface area contributed by atoms with Crippen LogP contribution in [-0.2, 0) is 20.9 Å². The van der Waals surface area contributed by atoms with Crippen molar-refractivity contribution >= 4 is 29.1 Å². The number of nitrogens with zero attached hydrogens (tertiary/aromatic N) is 2. The fourth-order valence-corrected chi connectivity index (χ4v) is 7.61. The first-order valence-corrected chi connectivity index (χ1v) is 15.7. The molecule has 4 N–H and O–H groups in total. The van der Waals surface area contributed by atoms with Crippen LogP contribution in [0.5, 0.6) is 0 Å². The van der Waals surface area contributed by atoms with Gasteiger partial charge in [0.2, 0.25) is 17.7 Å². The molecule has 1 aromatic heterocycles. The Kier molecular flexibility index (Phi) is 8.55. The highest BCUT2D eigenvalue weighted by molar-refractivity contribution is 7.13. The van der Waals surface area contributed by atoms with E-state index in [4.69, 9.17) is 0 Å². The van der Waals surface area contributed by atoms with Crippen molar-refractivity contribution in [2.75, 3.05) is 13.1 Å². The van der Waals surface area contributed by atoms with Crippen molar-refractivity contribution in [1.29, 1.82) is 0 Å². The van der Waals surface area contributed by atoms with Crippen molar-refractivity contribution in [3.8, 4) is 10.4 Å². The smallest absolute Gasteiger partial charge is 0.246 e. The lowest BCUT2D eigenvalue weighted by Gasteiger charge is -2.37. The van der Waals surface area contributed by atoms with E-state index < -0.39 is 23.6 Å². The van der Waals surface area contributed by atoms with E-state index in [0.717, 1.165) is 60.3 Å². The van der Waals surface area contributed by atoms with Gasteiger partial charge in [-0.05, 0) is 49.3 Å². The van der Waals surface area contributed by atoms with Gasteiger partial charge in [-0.25, -0.2) is 4.98 Å². The Bertz CT molecular complexity index is 1260. The lowest BCUT2D eigenvalue weighted by molar-refractivity contribution is -0.144. The molecule has 3 heterocycles. The zero-order valence-corrected chi connectivity index (χ0v) is 25.4. The minimum absolute atomic E-state index is 0.0667. The minimum atomic E-state index is -0.808. The van der Waals surface area contributed by atoms with Crippen LogP contribution >= 0.6 is 11.3 Å². The molecule has 9 nitrogen and oxygen atoms in total. The average Bonchev–Trinajstić information content (AvgIpc) is 3.74. The number of carbonyl (C=O) groups excluding carboxylic acids is 3. The standard InChI is InChI=1S/C31H43N5O4S/c1-19-25(41-18-33-19)21-9-7-20(8-10-21)16-32-28(39)24-15-22(37)17-36(24)29(40)26(30(2,3)4)35-27(38)23-11-14-34-31(23)12-5-6-13-31/h7-10,18,22-24,26,34,37H,5-6,11-17H2,1-4H3,(H,32,39)(H,35,38)/t22-,23?,24+,26+/m1/s1. The lowest BCUT2D eigenvalue weighted by Crippen LogP contribution is -2.60. The molecule has 0 bridgehead atoms. The Balaban J connectivity index is 1.25. The summed E-state index contributed by atoms with van der Waals surface area (Å²) in [4.78, 5) is 47.8. The second-order valence-corrected chi connectivity index (χ2v) is 13.9. The molecular formula is C31H43N5O4S. The van der Waals surface area contributed by atoms with Crippen LogP contribution in [0.4, 0.5) is 0 Å². The molecule has 1 aromatic carbocycles. The summed E-state index contributed by atoms with van der Waals surface area (Å²) in [6.45, 7) is 8.94. The summed E-state index contributed by atoms with van der Waals surface area (Å²) in [6, 6.07) is 6.38. The molecular weight excluding hydrogens is 538 g/mol. The van der Waals surface area contributed by atoms with Crippen molar-refractivity contribution in [2.24, 2.45) is 11.3 Å². The molecule has 2 aromatic rings. The third-order valence-corrected chi connectivity index (χ3v) is 10.1. The molecule has 41 heavy (non-hydrogen) atoms. The van der Waals surface area contributed by atoms with Crippen molar-refractivity contribution in [3.63, 3.8) is 0 Å². The van der Waals surface area contributed by atoms with Crippen LogP contribution in [0.15, 0.2) is 29.8 Å². The molecule has 3 amide bonds. The highest BCUT2D eigenvalue weighted by Crippen LogP contribution is 2.41. The fraction of sp³-hybridized carbons (Fsp3) is 0.613. The maximum Gasteiger partial charge on any atom is 0.246 e. The van der Waals surface area contributed by atoms with Crippen molar-refractivity contribution < 1.29 is 19.5 Å². The first-order chi connectivity index (χ1) is 19.5. The third-order valence-electron chi connectivity index (χ3n) is 9.08. The Hall–Kier alpha value is -2.82. The summed E-state index contributed by atoms with van der Waals surface area (Å²) >= 11 is 1.59. The number of hydrogen-bond acceptors (Lipinski definition) is 7. The number of likely N-dealkylation sites (tertiary alicyclic amines) is 1. The number of rotatable bonds is 7. The van der Waals surface area contributed by atoms with E-state index in [9.17, 15) is 19.5 Å². The number of aryl methyl sites for hydroxylation is 1. The SMILES string of the molecule is Cc1ncsc1-c1ccc(CNC(=O)[C@@H]2C[C@@H](O)CN2C(=O)[C@H](NC(=O)C2CCNC23CCCC3)C(C)(C)C)cc1. The van der Waals surface area contributed by atoms with E-state index in [-0.39, 0.29) is 42.1 Å². The second-order valence-electron chi connectivity index (χ2n) is 13.0. The molecule has 1 unspecified atom stereocenters. The van der Waals surface area contributed by atoms with Gasteiger partial charge in [-0.1, -0.05) is 57.9 Å². The van der Waals surface area contributed by atoms with Gasteiger partial charge in [0, 0.05) is 25.0 Å². The van der Waals surface area contributed by atoms with E-state index in [1.54, 1.807) is 11.3 Å². The van der Waals surface area contributed by atoms with Gasteiger partial charge >= 0.3 is 0 Å². The van der Waals surface area contributed by atoms with Gasteiger partial charge in [0.1, 0.15) is 12.1 Å². The van der Waals surface area contributed by atoms with Gasteiger partial charge < -0.3 is 26.0 Å². The summed E-state index contributed by atoms with van der Waals surface area (Å²) in [6.07, 6.45) is 4.30. The number of aliphatic hydroxyl groups excluding tert-OH is 1. The maximum atomic E-state index is 14.0. The third kappa shape index (κ3) is 6.20. The van der Waals surface area contributed by atoms with Gasteiger partial charge in [-0.15, -0.1) is 11.3 Å². The zero-order chi connectivity index (χ0) is 29.4. The zero-order valence-electron chi connectivity index (χ0n) is 24.5. The number of thiazole rings is 1. The maximum absolute atomic E-state index is 14.0. The summed E-state index contributed by atoms with van der Waals surface area (Å²) in [5.74, 6) is -0.889. The number of hydrogen-bond donors (Lipinski definition) is 4. The summed E-state index contributed by atoms with van der Waals surface area (Å²) in [7, 11) is 0. The van der Waals surface area contributed by atoms with Crippen LogP contribution in [-0.4, -0.2) is 69.5 Å². The second kappa shape index (κ2) is 11.8. The molecule has 2 saturated heterocycles. The summed E-state index contributed by atoms with van der Waals surface area (Å²) < 4.78 is 0. The average molecular weight is 582 g/mol. The number of aromatic nitrogens is 1. The number of aliphatic hydroxyl groups is 1. The Morgan fingerprint density at radius 2 is 1.88 bits per heavy atom. The predicted molar refractivity (Wildman–Crippen MR) is 159 cm³/mol. The van der Waals surface area contributed by atoms with Gasteiger partial charge in [0.05, 0.1) is 28.1 Å². The Morgan fingerprint density at radius 1 is 1.17 bits per heavy atom. The number of nitrogens with one attached hydrogen (secondary N) is 3. The molecule has 3 aliphatic rings. The highest BCUT2D eigenvalue weighted by atomic mass is 32.1. The van der Waals surface area contributed by atoms with E-state index in [1.807, 2.05) is 57.5 Å². The molecule has 3 fully saturated rings. The van der Waals surface area contributed by atoms with Gasteiger partial charge in [-0.2, -0.15) is 0 Å². The first-order valence-electron chi connectivity index (χ1n) is 14.8. The van der Waals surface area contributed by atoms with E-state index in [0.29, 0.717) is 6.54 Å². The molecule has 1 saturated carbocycles. The highest BCUT2D eigenvalue weighted by Gasteiger charge is 2.50. The topological polar surface area (TPSA) is 124 Å². The normalized spacial score (nSPS) is 24.5. The molecule has 0 radical (unpaired) electrons. The van der Waals surface area contributed by atoms with Crippen molar-refractivity contribution in [2.45, 2.75) is 96.5 Å². The van der Waals surface area contributed by atoms with Crippen LogP contribution in [0, 0.1) is 18.3 Å².